The Morgan fingerprint density at radius 1 is 1.69 bits per heavy atom. The van der Waals surface area contributed by atoms with E-state index in [9.17, 15) is 4.79 Å². The Balaban J connectivity index is 2.03. The molecule has 1 fully saturated rings. The Morgan fingerprint density at radius 2 is 2.46 bits per heavy atom. The van der Waals surface area contributed by atoms with Crippen molar-refractivity contribution in [2.24, 2.45) is 0 Å². The van der Waals surface area contributed by atoms with E-state index in [1.807, 2.05) is 5.01 Å². The average Bonchev–Trinajstić information content (AvgIpc) is 2.12. The fourth-order valence-electron chi connectivity index (χ4n) is 1.14. The standard InChI is InChI=1S/C9H18N2O2/c1-3-4-7-13-9(12)10-11-6-5-8(11)2/h8H,3-7H2,1-2H3,(H,10,12). The number of hydrazine groups is 1. The van der Waals surface area contributed by atoms with Gasteiger partial charge in [0.1, 0.15) is 0 Å². The summed E-state index contributed by atoms with van der Waals surface area (Å²) in [5, 5.41) is 1.90. The van der Waals surface area contributed by atoms with E-state index in [0.717, 1.165) is 25.8 Å². The Morgan fingerprint density at radius 3 is 2.92 bits per heavy atom. The van der Waals surface area contributed by atoms with Crippen molar-refractivity contribution >= 4 is 6.09 Å². The van der Waals surface area contributed by atoms with E-state index in [4.69, 9.17) is 4.74 Å². The van der Waals surface area contributed by atoms with E-state index >= 15 is 0 Å². The summed E-state index contributed by atoms with van der Waals surface area (Å²) in [6.07, 6.45) is 2.81. The minimum Gasteiger partial charge on any atom is -0.449 e. The van der Waals surface area contributed by atoms with E-state index in [1.165, 1.54) is 0 Å². The summed E-state index contributed by atoms with van der Waals surface area (Å²) >= 11 is 0. The molecule has 76 valence electrons. The van der Waals surface area contributed by atoms with Crippen LogP contribution in [0.3, 0.4) is 0 Å². The van der Waals surface area contributed by atoms with Crippen LogP contribution in [0.2, 0.25) is 0 Å². The minimum absolute atomic E-state index is 0.319. The number of rotatable bonds is 4. The van der Waals surface area contributed by atoms with Crippen molar-refractivity contribution in [3.8, 4) is 0 Å². The van der Waals surface area contributed by atoms with E-state index < -0.39 is 0 Å². The van der Waals surface area contributed by atoms with E-state index in [1.54, 1.807) is 0 Å². The third-order valence-electron chi connectivity index (χ3n) is 2.29. The molecule has 0 spiro atoms. The van der Waals surface area contributed by atoms with Gasteiger partial charge in [-0.2, -0.15) is 0 Å². The average molecular weight is 186 g/mol. The molecule has 1 aliphatic rings. The lowest BCUT2D eigenvalue weighted by atomic mass is 10.1. The minimum atomic E-state index is -0.319. The molecule has 4 heteroatoms. The van der Waals surface area contributed by atoms with Gasteiger partial charge in [0.05, 0.1) is 6.61 Å². The van der Waals surface area contributed by atoms with Crippen LogP contribution in [0.1, 0.15) is 33.1 Å². The summed E-state index contributed by atoms with van der Waals surface area (Å²) in [4.78, 5) is 11.1. The van der Waals surface area contributed by atoms with E-state index in [2.05, 4.69) is 19.3 Å². The third-order valence-corrected chi connectivity index (χ3v) is 2.29. The summed E-state index contributed by atoms with van der Waals surface area (Å²) in [5.74, 6) is 0. The molecule has 0 saturated carbocycles. The van der Waals surface area contributed by atoms with Gasteiger partial charge in [0.2, 0.25) is 0 Å². The normalized spacial score (nSPS) is 22.2. The summed E-state index contributed by atoms with van der Waals surface area (Å²) in [6.45, 7) is 5.60. The second kappa shape index (κ2) is 5.07. The zero-order valence-electron chi connectivity index (χ0n) is 8.38. The van der Waals surface area contributed by atoms with Gasteiger partial charge < -0.3 is 4.74 Å². The molecule has 1 unspecified atom stereocenters. The van der Waals surface area contributed by atoms with Crippen LogP contribution in [-0.4, -0.2) is 30.3 Å². The fourth-order valence-corrected chi connectivity index (χ4v) is 1.14. The second-order valence-corrected chi connectivity index (χ2v) is 3.43. The van der Waals surface area contributed by atoms with Crippen LogP contribution in [-0.2, 0) is 4.74 Å². The lowest BCUT2D eigenvalue weighted by Gasteiger charge is -2.37. The maximum Gasteiger partial charge on any atom is 0.421 e. The molecule has 13 heavy (non-hydrogen) atoms. The van der Waals surface area contributed by atoms with Gasteiger partial charge in [-0.3, -0.25) is 5.43 Å². The van der Waals surface area contributed by atoms with Crippen molar-refractivity contribution < 1.29 is 9.53 Å². The SMILES string of the molecule is CCCCOC(=O)NN1CCC1C. The molecule has 0 aromatic rings. The largest absolute Gasteiger partial charge is 0.449 e. The lowest BCUT2D eigenvalue weighted by molar-refractivity contribution is 0.0328. The first-order chi connectivity index (χ1) is 6.24. The third kappa shape index (κ3) is 3.22. The van der Waals surface area contributed by atoms with Crippen molar-refractivity contribution in [3.63, 3.8) is 0 Å². The van der Waals surface area contributed by atoms with Gasteiger partial charge in [-0.05, 0) is 19.8 Å². The smallest absolute Gasteiger partial charge is 0.421 e. The Hall–Kier alpha value is -0.770. The lowest BCUT2D eigenvalue weighted by Crippen LogP contribution is -2.55. The fraction of sp³-hybridized carbons (Fsp3) is 0.889. The first-order valence-electron chi connectivity index (χ1n) is 4.94. The number of hydrogen-bond acceptors (Lipinski definition) is 3. The van der Waals surface area contributed by atoms with E-state index in [-0.39, 0.29) is 6.09 Å². The first kappa shape index (κ1) is 10.3. The van der Waals surface area contributed by atoms with Gasteiger partial charge in [-0.1, -0.05) is 13.3 Å². The molecule has 4 nitrogen and oxygen atoms in total. The molecule has 1 rings (SSSR count). The van der Waals surface area contributed by atoms with Crippen LogP contribution in [0.5, 0.6) is 0 Å². The number of hydrogen-bond donors (Lipinski definition) is 1. The summed E-state index contributed by atoms with van der Waals surface area (Å²) in [6, 6.07) is 0.457. The highest BCUT2D eigenvalue weighted by Gasteiger charge is 2.25. The number of nitrogens with zero attached hydrogens (tertiary/aromatic N) is 1. The van der Waals surface area contributed by atoms with Gasteiger partial charge in [0.25, 0.3) is 0 Å². The Labute approximate surface area is 79.2 Å². The van der Waals surface area contributed by atoms with Gasteiger partial charge >= 0.3 is 6.09 Å². The quantitative estimate of drug-likeness (QED) is 0.677. The molecule has 1 N–H and O–H groups in total. The molecule has 0 aliphatic carbocycles. The number of carbonyl (C=O) groups excluding carboxylic acids is 1. The van der Waals surface area contributed by atoms with Crippen molar-refractivity contribution in [2.75, 3.05) is 13.2 Å². The predicted octanol–water partition coefficient (Wildman–Crippen LogP) is 1.52. The van der Waals surface area contributed by atoms with Crippen LogP contribution in [0, 0.1) is 0 Å². The zero-order chi connectivity index (χ0) is 9.68. The van der Waals surface area contributed by atoms with Crippen LogP contribution >= 0.6 is 0 Å². The number of carbonyl (C=O) groups is 1. The Kier molecular flexibility index (Phi) is 4.02. The highest BCUT2D eigenvalue weighted by molar-refractivity contribution is 5.66. The van der Waals surface area contributed by atoms with Gasteiger partial charge in [-0.25, -0.2) is 9.80 Å². The van der Waals surface area contributed by atoms with Crippen molar-refractivity contribution in [1.29, 1.82) is 0 Å². The van der Waals surface area contributed by atoms with Crippen LogP contribution < -0.4 is 5.43 Å². The van der Waals surface area contributed by atoms with Crippen molar-refractivity contribution in [2.45, 2.75) is 39.2 Å². The molecule has 1 atom stereocenters. The highest BCUT2D eigenvalue weighted by atomic mass is 16.6. The molecular formula is C9H18N2O2. The van der Waals surface area contributed by atoms with Crippen LogP contribution in [0.25, 0.3) is 0 Å². The van der Waals surface area contributed by atoms with Crippen LogP contribution in [0.4, 0.5) is 4.79 Å². The molecule has 0 radical (unpaired) electrons. The van der Waals surface area contributed by atoms with Crippen molar-refractivity contribution in [1.82, 2.24) is 10.4 Å². The maximum absolute atomic E-state index is 11.1. The van der Waals surface area contributed by atoms with Gasteiger partial charge in [-0.15, -0.1) is 0 Å². The number of amides is 1. The number of ether oxygens (including phenoxy) is 1. The number of unbranched alkanes of at least 4 members (excludes halogenated alkanes) is 1. The summed E-state index contributed by atoms with van der Waals surface area (Å²) < 4.78 is 4.95. The topological polar surface area (TPSA) is 41.6 Å². The molecule has 0 aromatic heterocycles. The number of nitrogens with one attached hydrogen (secondary N) is 1. The molecular weight excluding hydrogens is 168 g/mol. The van der Waals surface area contributed by atoms with Crippen molar-refractivity contribution in [3.05, 3.63) is 0 Å². The van der Waals surface area contributed by atoms with Crippen LogP contribution in [0.15, 0.2) is 0 Å². The van der Waals surface area contributed by atoms with Gasteiger partial charge in [0, 0.05) is 12.6 Å². The molecule has 0 aromatic carbocycles. The summed E-state index contributed by atoms with van der Waals surface area (Å²) in [5.41, 5.74) is 2.70. The first-order valence-corrected chi connectivity index (χ1v) is 4.94. The highest BCUT2D eigenvalue weighted by Crippen LogP contribution is 2.12. The molecule has 1 heterocycles. The Bertz CT molecular complexity index is 173. The summed E-state index contributed by atoms with van der Waals surface area (Å²) in [7, 11) is 0. The monoisotopic (exact) mass is 186 g/mol. The maximum atomic E-state index is 11.1. The zero-order valence-corrected chi connectivity index (χ0v) is 8.38. The molecule has 0 bridgehead atoms. The van der Waals surface area contributed by atoms with E-state index in [0.29, 0.717) is 12.6 Å². The second-order valence-electron chi connectivity index (χ2n) is 3.43. The molecule has 1 saturated heterocycles. The van der Waals surface area contributed by atoms with Gasteiger partial charge in [0.15, 0.2) is 0 Å². The molecule has 1 amide bonds. The molecule has 1 aliphatic heterocycles. The predicted molar refractivity (Wildman–Crippen MR) is 50.2 cm³/mol.